The molecule has 0 aliphatic carbocycles. The van der Waals surface area contributed by atoms with Crippen molar-refractivity contribution in [2.75, 3.05) is 6.54 Å². The Balaban J connectivity index is 1.75. The first-order chi connectivity index (χ1) is 12.0. The summed E-state index contributed by atoms with van der Waals surface area (Å²) in [6.07, 6.45) is 2.97. The van der Waals surface area contributed by atoms with Gasteiger partial charge in [0.1, 0.15) is 11.6 Å². The average molecular weight is 355 g/mol. The molecule has 2 aromatic heterocycles. The number of aromatic nitrogens is 1. The lowest BCUT2D eigenvalue weighted by atomic mass is 9.99. The van der Waals surface area contributed by atoms with Gasteiger partial charge in [-0.1, -0.05) is 6.07 Å². The molecule has 1 atom stereocenters. The number of amides is 1. The number of hydrogen-bond donors (Lipinski definition) is 1. The van der Waals surface area contributed by atoms with Crippen molar-refractivity contribution in [3.63, 3.8) is 0 Å². The minimum Gasteiger partial charge on any atom is -0.335 e. The van der Waals surface area contributed by atoms with Crippen molar-refractivity contribution in [3.05, 3.63) is 55.1 Å². The standard InChI is InChI=1S/C19H21N3O2S/c1-12-14(13(2)21-19(24)15(12)11-20)7-8-18(23)22-9-3-5-16(22)17-6-4-10-25-17/h4,6,10,16H,3,5,7-9H2,1-2H3,(H,21,24)/t16-/m0/s1. The van der Waals surface area contributed by atoms with Gasteiger partial charge in [0.2, 0.25) is 5.91 Å². The summed E-state index contributed by atoms with van der Waals surface area (Å²) in [7, 11) is 0. The predicted molar refractivity (Wildman–Crippen MR) is 97.6 cm³/mol. The van der Waals surface area contributed by atoms with Crippen LogP contribution in [0.3, 0.4) is 0 Å². The molecule has 2 aromatic rings. The van der Waals surface area contributed by atoms with E-state index < -0.39 is 0 Å². The molecule has 1 fully saturated rings. The molecule has 0 spiro atoms. The lowest BCUT2D eigenvalue weighted by Gasteiger charge is -2.24. The van der Waals surface area contributed by atoms with Crippen molar-refractivity contribution in [3.8, 4) is 6.07 Å². The highest BCUT2D eigenvalue weighted by molar-refractivity contribution is 7.10. The number of aromatic amines is 1. The van der Waals surface area contributed by atoms with Crippen LogP contribution in [0.25, 0.3) is 0 Å². The Hall–Kier alpha value is -2.39. The van der Waals surface area contributed by atoms with Gasteiger partial charge in [-0.05, 0) is 55.7 Å². The highest BCUT2D eigenvalue weighted by atomic mass is 32.1. The first-order valence-electron chi connectivity index (χ1n) is 8.48. The number of pyridine rings is 1. The van der Waals surface area contributed by atoms with Crippen LogP contribution in [0.4, 0.5) is 0 Å². The maximum absolute atomic E-state index is 12.8. The van der Waals surface area contributed by atoms with Crippen molar-refractivity contribution >= 4 is 17.2 Å². The smallest absolute Gasteiger partial charge is 0.266 e. The molecule has 0 saturated carbocycles. The minimum atomic E-state index is -0.357. The lowest BCUT2D eigenvalue weighted by Crippen LogP contribution is -2.30. The van der Waals surface area contributed by atoms with Gasteiger partial charge in [-0.3, -0.25) is 9.59 Å². The number of nitriles is 1. The zero-order chi connectivity index (χ0) is 18.0. The number of H-pyrrole nitrogens is 1. The van der Waals surface area contributed by atoms with E-state index in [1.807, 2.05) is 29.3 Å². The minimum absolute atomic E-state index is 0.138. The summed E-state index contributed by atoms with van der Waals surface area (Å²) in [4.78, 5) is 30.5. The second-order valence-electron chi connectivity index (χ2n) is 6.43. The fourth-order valence-electron chi connectivity index (χ4n) is 3.64. The van der Waals surface area contributed by atoms with Gasteiger partial charge in [-0.2, -0.15) is 5.26 Å². The summed E-state index contributed by atoms with van der Waals surface area (Å²) in [5, 5.41) is 11.2. The number of likely N-dealkylation sites (tertiary alicyclic amines) is 1. The fraction of sp³-hybridized carbons (Fsp3) is 0.421. The number of hydrogen-bond acceptors (Lipinski definition) is 4. The second kappa shape index (κ2) is 7.24. The van der Waals surface area contributed by atoms with Crippen molar-refractivity contribution in [1.29, 1.82) is 5.26 Å². The SMILES string of the molecule is Cc1[nH]c(=O)c(C#N)c(C)c1CCC(=O)N1CCC[C@H]1c1cccs1. The lowest BCUT2D eigenvalue weighted by molar-refractivity contribution is -0.132. The average Bonchev–Trinajstić information content (AvgIpc) is 3.25. The van der Waals surface area contributed by atoms with Gasteiger partial charge in [0, 0.05) is 23.5 Å². The molecular weight excluding hydrogens is 334 g/mol. The topological polar surface area (TPSA) is 77.0 Å². The Labute approximate surface area is 150 Å². The van der Waals surface area contributed by atoms with Gasteiger partial charge in [-0.15, -0.1) is 11.3 Å². The molecule has 0 radical (unpaired) electrons. The monoisotopic (exact) mass is 355 g/mol. The maximum Gasteiger partial charge on any atom is 0.266 e. The van der Waals surface area contributed by atoms with Gasteiger partial charge >= 0.3 is 0 Å². The Kier molecular flexibility index (Phi) is 5.05. The van der Waals surface area contributed by atoms with Crippen molar-refractivity contribution < 1.29 is 4.79 Å². The molecule has 3 heterocycles. The Morgan fingerprint density at radius 2 is 2.28 bits per heavy atom. The van der Waals surface area contributed by atoms with E-state index in [4.69, 9.17) is 5.26 Å². The molecule has 0 unspecified atom stereocenters. The van der Waals surface area contributed by atoms with Crippen LogP contribution in [0.5, 0.6) is 0 Å². The quantitative estimate of drug-likeness (QED) is 0.915. The maximum atomic E-state index is 12.8. The van der Waals surface area contributed by atoms with Crippen molar-refractivity contribution in [2.45, 2.75) is 45.6 Å². The summed E-state index contributed by atoms with van der Waals surface area (Å²) in [5.74, 6) is 0.138. The molecule has 130 valence electrons. The van der Waals surface area contributed by atoms with E-state index in [0.717, 1.165) is 30.6 Å². The molecular formula is C19H21N3O2S. The van der Waals surface area contributed by atoms with Crippen molar-refractivity contribution in [2.24, 2.45) is 0 Å². The van der Waals surface area contributed by atoms with Gasteiger partial charge < -0.3 is 9.88 Å². The van der Waals surface area contributed by atoms with Gasteiger partial charge in [0.25, 0.3) is 5.56 Å². The number of carbonyl (C=O) groups excluding carboxylic acids is 1. The number of carbonyl (C=O) groups is 1. The number of nitrogens with one attached hydrogen (secondary N) is 1. The Bertz CT molecular complexity index is 877. The molecule has 1 aliphatic rings. The van der Waals surface area contributed by atoms with E-state index in [1.54, 1.807) is 18.3 Å². The van der Waals surface area contributed by atoms with Crippen LogP contribution in [0, 0.1) is 25.2 Å². The van der Waals surface area contributed by atoms with Crippen LogP contribution >= 0.6 is 11.3 Å². The number of thiophene rings is 1. The molecule has 1 saturated heterocycles. The summed E-state index contributed by atoms with van der Waals surface area (Å²) in [6, 6.07) is 6.28. The molecule has 3 rings (SSSR count). The van der Waals surface area contributed by atoms with Gasteiger partial charge in [0.15, 0.2) is 0 Å². The normalized spacial score (nSPS) is 16.8. The third kappa shape index (κ3) is 3.38. The van der Waals surface area contributed by atoms with Gasteiger partial charge in [0.05, 0.1) is 6.04 Å². The number of aryl methyl sites for hydroxylation is 1. The highest BCUT2D eigenvalue weighted by Gasteiger charge is 2.30. The first kappa shape index (κ1) is 17.4. The zero-order valence-corrected chi connectivity index (χ0v) is 15.3. The summed E-state index contributed by atoms with van der Waals surface area (Å²) >= 11 is 1.70. The van der Waals surface area contributed by atoms with Crippen LogP contribution in [0.15, 0.2) is 22.3 Å². The van der Waals surface area contributed by atoms with Crippen LogP contribution < -0.4 is 5.56 Å². The second-order valence-corrected chi connectivity index (χ2v) is 7.41. The first-order valence-corrected chi connectivity index (χ1v) is 9.36. The predicted octanol–water partition coefficient (Wildman–Crippen LogP) is 3.22. The van der Waals surface area contributed by atoms with E-state index in [9.17, 15) is 9.59 Å². The zero-order valence-electron chi connectivity index (χ0n) is 14.5. The van der Waals surface area contributed by atoms with E-state index >= 15 is 0 Å². The van der Waals surface area contributed by atoms with E-state index in [2.05, 4.69) is 11.1 Å². The van der Waals surface area contributed by atoms with Gasteiger partial charge in [-0.25, -0.2) is 0 Å². The summed E-state index contributed by atoms with van der Waals surface area (Å²) in [6.45, 7) is 4.40. The third-order valence-corrected chi connectivity index (χ3v) is 5.93. The van der Waals surface area contributed by atoms with Crippen LogP contribution in [-0.4, -0.2) is 22.3 Å². The molecule has 1 aliphatic heterocycles. The molecule has 5 nitrogen and oxygen atoms in total. The summed E-state index contributed by atoms with van der Waals surface area (Å²) in [5.41, 5.74) is 2.12. The number of nitrogens with zero attached hydrogens (tertiary/aromatic N) is 2. The Morgan fingerprint density at radius 1 is 1.48 bits per heavy atom. The molecule has 1 N–H and O–H groups in total. The van der Waals surface area contributed by atoms with E-state index in [-0.39, 0.29) is 23.1 Å². The van der Waals surface area contributed by atoms with Crippen LogP contribution in [0.2, 0.25) is 0 Å². The van der Waals surface area contributed by atoms with Crippen molar-refractivity contribution in [1.82, 2.24) is 9.88 Å². The molecule has 6 heteroatoms. The van der Waals surface area contributed by atoms with E-state index in [0.29, 0.717) is 18.4 Å². The largest absolute Gasteiger partial charge is 0.335 e. The molecule has 0 aromatic carbocycles. The highest BCUT2D eigenvalue weighted by Crippen LogP contribution is 2.35. The third-order valence-electron chi connectivity index (χ3n) is 4.95. The molecule has 0 bridgehead atoms. The molecule has 1 amide bonds. The molecule has 25 heavy (non-hydrogen) atoms. The summed E-state index contributed by atoms with van der Waals surface area (Å²) < 4.78 is 0. The Morgan fingerprint density at radius 3 is 2.96 bits per heavy atom. The van der Waals surface area contributed by atoms with E-state index in [1.165, 1.54) is 4.88 Å². The van der Waals surface area contributed by atoms with Crippen LogP contribution in [-0.2, 0) is 11.2 Å². The number of rotatable bonds is 4. The fourth-order valence-corrected chi connectivity index (χ4v) is 4.51. The van der Waals surface area contributed by atoms with Crippen LogP contribution in [0.1, 0.15) is 52.6 Å².